The van der Waals surface area contributed by atoms with Crippen LogP contribution in [-0.4, -0.2) is 27.2 Å². The molecule has 0 amide bonds. The fourth-order valence-corrected chi connectivity index (χ4v) is 2.02. The van der Waals surface area contributed by atoms with Crippen LogP contribution in [0, 0.1) is 0 Å². The Morgan fingerprint density at radius 2 is 2.10 bits per heavy atom. The van der Waals surface area contributed by atoms with E-state index in [9.17, 15) is 9.90 Å². The quantitative estimate of drug-likeness (QED) is 0.677. The molecule has 1 aromatic heterocycles. The van der Waals surface area contributed by atoms with E-state index in [1.807, 2.05) is 30.3 Å². The Balaban J connectivity index is 2.50. The van der Waals surface area contributed by atoms with Gasteiger partial charge in [-0.15, -0.1) is 0 Å². The number of hydrogen-bond donors (Lipinski definition) is 1. The molecule has 2 rings (SSSR count). The first kappa shape index (κ1) is 14.8. The third-order valence-electron chi connectivity index (χ3n) is 3.02. The van der Waals surface area contributed by atoms with Gasteiger partial charge in [-0.25, -0.2) is 9.78 Å². The summed E-state index contributed by atoms with van der Waals surface area (Å²) in [6, 6.07) is 9.46. The van der Waals surface area contributed by atoms with Gasteiger partial charge < -0.3 is 14.4 Å². The van der Waals surface area contributed by atoms with Crippen molar-refractivity contribution >= 4 is 5.97 Å². The molecule has 0 aliphatic rings. The number of hydrogen-bond acceptors (Lipinski definition) is 4. The van der Waals surface area contributed by atoms with E-state index in [0.717, 1.165) is 5.56 Å². The van der Waals surface area contributed by atoms with Gasteiger partial charge in [0.2, 0.25) is 0 Å². The maximum Gasteiger partial charge on any atom is 0.359 e. The van der Waals surface area contributed by atoms with Crippen LogP contribution >= 0.6 is 0 Å². The largest absolute Gasteiger partial charge is 0.511 e. The van der Waals surface area contributed by atoms with Crippen LogP contribution in [0.25, 0.3) is 11.3 Å². The molecule has 0 aliphatic carbocycles. The molecule has 1 N–H and O–H groups in total. The number of aromatic nitrogens is 2. The molecule has 0 bridgehead atoms. The van der Waals surface area contributed by atoms with E-state index in [4.69, 9.17) is 4.74 Å². The van der Waals surface area contributed by atoms with Crippen molar-refractivity contribution in [2.75, 3.05) is 6.61 Å². The highest BCUT2D eigenvalue weighted by Gasteiger charge is 2.20. The topological polar surface area (TPSA) is 64.3 Å². The van der Waals surface area contributed by atoms with E-state index < -0.39 is 5.97 Å². The highest BCUT2D eigenvalue weighted by atomic mass is 16.5. The average Bonchev–Trinajstić information content (AvgIpc) is 2.92. The number of aliphatic hydroxyl groups excluding tert-OH is 1. The molecule has 1 aromatic carbocycles. The van der Waals surface area contributed by atoms with E-state index in [0.29, 0.717) is 12.3 Å². The Morgan fingerprint density at radius 3 is 2.71 bits per heavy atom. The van der Waals surface area contributed by atoms with Crippen LogP contribution in [0.15, 0.2) is 48.5 Å². The summed E-state index contributed by atoms with van der Waals surface area (Å²) in [5.74, 6) is -0.255. The molecule has 0 spiro atoms. The Hall–Kier alpha value is -2.56. The number of imidazole rings is 1. The molecule has 5 heteroatoms. The molecule has 0 radical (unpaired) electrons. The molecule has 0 aliphatic heterocycles. The van der Waals surface area contributed by atoms with Crippen molar-refractivity contribution < 1.29 is 14.6 Å². The second-order valence-corrected chi connectivity index (χ2v) is 4.44. The number of aliphatic hydroxyl groups is 1. The fourth-order valence-electron chi connectivity index (χ4n) is 2.02. The minimum absolute atomic E-state index is 0.208. The van der Waals surface area contributed by atoms with Crippen LogP contribution in [0.4, 0.5) is 0 Å². The van der Waals surface area contributed by atoms with Crippen LogP contribution in [0.3, 0.4) is 0 Å². The van der Waals surface area contributed by atoms with E-state index in [1.165, 1.54) is 6.33 Å². The van der Waals surface area contributed by atoms with E-state index >= 15 is 0 Å². The summed E-state index contributed by atoms with van der Waals surface area (Å²) in [5, 5.41) is 9.73. The lowest BCUT2D eigenvalue weighted by molar-refractivity contribution is 0.0521. The number of rotatable bonds is 5. The third-order valence-corrected chi connectivity index (χ3v) is 3.02. The van der Waals surface area contributed by atoms with Gasteiger partial charge >= 0.3 is 5.97 Å². The van der Waals surface area contributed by atoms with Crippen molar-refractivity contribution in [1.82, 2.24) is 9.55 Å². The van der Waals surface area contributed by atoms with Gasteiger partial charge in [0, 0.05) is 5.56 Å². The summed E-state index contributed by atoms with van der Waals surface area (Å²) in [6.45, 7) is 4.05. The molecule has 0 atom stereocenters. The zero-order chi connectivity index (χ0) is 15.2. The summed E-state index contributed by atoms with van der Waals surface area (Å²) in [7, 11) is 0. The standard InChI is InChI=1S/C16H18N2O3/c1-3-13(19)10-18-11-17-14(16(20)21-4-2)15(18)12-8-6-5-7-9-12/h3,5-9,11,19H,4,10H2,1-2H3/b13-3+. The molecular formula is C16H18N2O3. The maximum atomic E-state index is 12.0. The second kappa shape index (κ2) is 6.74. The third kappa shape index (κ3) is 3.31. The first-order valence-corrected chi connectivity index (χ1v) is 6.79. The predicted molar refractivity (Wildman–Crippen MR) is 80.0 cm³/mol. The number of benzene rings is 1. The number of nitrogens with zero attached hydrogens (tertiary/aromatic N) is 2. The van der Waals surface area contributed by atoms with Crippen LogP contribution in [0.2, 0.25) is 0 Å². The highest BCUT2D eigenvalue weighted by molar-refractivity contribution is 5.94. The maximum absolute atomic E-state index is 12.0. The van der Waals surface area contributed by atoms with Gasteiger partial charge in [0.25, 0.3) is 0 Å². The first-order valence-electron chi connectivity index (χ1n) is 6.79. The molecule has 5 nitrogen and oxygen atoms in total. The summed E-state index contributed by atoms with van der Waals surface area (Å²) < 4.78 is 6.78. The Labute approximate surface area is 123 Å². The van der Waals surface area contributed by atoms with Crippen molar-refractivity contribution in [3.8, 4) is 11.3 Å². The molecule has 0 saturated carbocycles. The molecule has 110 valence electrons. The zero-order valence-electron chi connectivity index (χ0n) is 12.1. The summed E-state index contributed by atoms with van der Waals surface area (Å²) >= 11 is 0. The smallest absolute Gasteiger partial charge is 0.359 e. The van der Waals surface area contributed by atoms with Gasteiger partial charge in [-0.1, -0.05) is 30.3 Å². The minimum atomic E-state index is -0.463. The van der Waals surface area contributed by atoms with Gasteiger partial charge in [0.15, 0.2) is 5.69 Å². The summed E-state index contributed by atoms with van der Waals surface area (Å²) in [5.41, 5.74) is 1.75. The van der Waals surface area contributed by atoms with E-state index in [1.54, 1.807) is 24.5 Å². The number of carbonyl (C=O) groups excluding carboxylic acids is 1. The first-order chi connectivity index (χ1) is 10.2. The molecule has 0 saturated heterocycles. The summed E-state index contributed by atoms with van der Waals surface area (Å²) in [6.07, 6.45) is 3.15. The number of carbonyl (C=O) groups is 1. The van der Waals surface area contributed by atoms with Crippen LogP contribution in [0.1, 0.15) is 24.3 Å². The molecule has 1 heterocycles. The zero-order valence-corrected chi connectivity index (χ0v) is 12.1. The van der Waals surface area contributed by atoms with Crippen molar-refractivity contribution in [2.45, 2.75) is 20.4 Å². The molecule has 0 fully saturated rings. The highest BCUT2D eigenvalue weighted by Crippen LogP contribution is 2.24. The fraction of sp³-hybridized carbons (Fsp3) is 0.250. The minimum Gasteiger partial charge on any atom is -0.511 e. The monoisotopic (exact) mass is 286 g/mol. The molecular weight excluding hydrogens is 268 g/mol. The second-order valence-electron chi connectivity index (χ2n) is 4.44. The van der Waals surface area contributed by atoms with Gasteiger partial charge in [0.05, 0.1) is 25.2 Å². The van der Waals surface area contributed by atoms with Gasteiger partial charge in [-0.2, -0.15) is 0 Å². The van der Waals surface area contributed by atoms with Gasteiger partial charge in [0.1, 0.15) is 5.76 Å². The molecule has 0 unspecified atom stereocenters. The van der Waals surface area contributed by atoms with Crippen LogP contribution in [-0.2, 0) is 11.3 Å². The van der Waals surface area contributed by atoms with Crippen LogP contribution in [0.5, 0.6) is 0 Å². The lowest BCUT2D eigenvalue weighted by Crippen LogP contribution is -2.09. The Morgan fingerprint density at radius 1 is 1.38 bits per heavy atom. The Kier molecular flexibility index (Phi) is 4.77. The lowest BCUT2D eigenvalue weighted by atomic mass is 10.1. The number of allylic oxidation sites excluding steroid dienone is 2. The number of ether oxygens (including phenoxy) is 1. The average molecular weight is 286 g/mol. The van der Waals surface area contributed by atoms with Crippen molar-refractivity contribution in [3.63, 3.8) is 0 Å². The van der Waals surface area contributed by atoms with E-state index in [-0.39, 0.29) is 18.0 Å². The van der Waals surface area contributed by atoms with Crippen molar-refractivity contribution in [2.24, 2.45) is 0 Å². The van der Waals surface area contributed by atoms with Gasteiger partial charge in [-0.05, 0) is 19.9 Å². The predicted octanol–water partition coefficient (Wildman–Crippen LogP) is 3.19. The van der Waals surface area contributed by atoms with Gasteiger partial charge in [-0.3, -0.25) is 0 Å². The lowest BCUT2D eigenvalue weighted by Gasteiger charge is -2.09. The van der Waals surface area contributed by atoms with Crippen LogP contribution < -0.4 is 0 Å². The number of esters is 1. The van der Waals surface area contributed by atoms with E-state index in [2.05, 4.69) is 4.98 Å². The molecule has 21 heavy (non-hydrogen) atoms. The normalized spacial score (nSPS) is 11.4. The van der Waals surface area contributed by atoms with Crippen molar-refractivity contribution in [3.05, 3.63) is 54.2 Å². The summed E-state index contributed by atoms with van der Waals surface area (Å²) in [4.78, 5) is 16.2. The Bertz CT molecular complexity index is 645. The van der Waals surface area contributed by atoms with Crippen molar-refractivity contribution in [1.29, 1.82) is 0 Å². The molecule has 2 aromatic rings. The SMILES string of the molecule is C/C=C(/O)Cn1cnc(C(=O)OCC)c1-c1ccccc1.